The van der Waals surface area contributed by atoms with Gasteiger partial charge in [-0.15, -0.1) is 0 Å². The highest BCUT2D eigenvalue weighted by Crippen LogP contribution is 2.21. The SMILES string of the molecule is c1ccc(-c2cccc(CN3CC3)c2)cc1. The van der Waals surface area contributed by atoms with Crippen LogP contribution < -0.4 is 0 Å². The van der Waals surface area contributed by atoms with Gasteiger partial charge in [0.1, 0.15) is 0 Å². The average molecular weight is 209 g/mol. The molecule has 2 aromatic rings. The number of benzene rings is 2. The lowest BCUT2D eigenvalue weighted by molar-refractivity contribution is 0.556. The summed E-state index contributed by atoms with van der Waals surface area (Å²) in [5.41, 5.74) is 4.04. The summed E-state index contributed by atoms with van der Waals surface area (Å²) in [6.07, 6.45) is 0. The van der Waals surface area contributed by atoms with Gasteiger partial charge in [-0.25, -0.2) is 0 Å². The van der Waals surface area contributed by atoms with Crippen LogP contribution in [0.4, 0.5) is 0 Å². The van der Waals surface area contributed by atoms with E-state index in [2.05, 4.69) is 59.5 Å². The van der Waals surface area contributed by atoms with Gasteiger partial charge in [0.15, 0.2) is 0 Å². The van der Waals surface area contributed by atoms with Gasteiger partial charge >= 0.3 is 0 Å². The highest BCUT2D eigenvalue weighted by Gasteiger charge is 2.16. The van der Waals surface area contributed by atoms with Crippen molar-refractivity contribution in [3.05, 3.63) is 60.2 Å². The minimum absolute atomic E-state index is 1.10. The molecule has 0 amide bonds. The fourth-order valence-corrected chi connectivity index (χ4v) is 1.97. The molecule has 0 aliphatic carbocycles. The van der Waals surface area contributed by atoms with Gasteiger partial charge in [-0.1, -0.05) is 48.5 Å². The van der Waals surface area contributed by atoms with Gasteiger partial charge in [0, 0.05) is 19.6 Å². The molecule has 0 radical (unpaired) electrons. The van der Waals surface area contributed by atoms with Crippen LogP contribution in [0.25, 0.3) is 11.1 Å². The van der Waals surface area contributed by atoms with Crippen LogP contribution in [-0.2, 0) is 6.54 Å². The summed E-state index contributed by atoms with van der Waals surface area (Å²) in [6, 6.07) is 19.4. The van der Waals surface area contributed by atoms with Crippen LogP contribution in [0, 0.1) is 0 Å². The van der Waals surface area contributed by atoms with Crippen molar-refractivity contribution in [1.82, 2.24) is 4.90 Å². The number of hydrogen-bond acceptors (Lipinski definition) is 1. The molecule has 1 aliphatic heterocycles. The van der Waals surface area contributed by atoms with Gasteiger partial charge in [0.2, 0.25) is 0 Å². The van der Waals surface area contributed by atoms with Crippen molar-refractivity contribution in [3.63, 3.8) is 0 Å². The molecule has 0 saturated carbocycles. The Morgan fingerprint density at radius 3 is 2.31 bits per heavy atom. The van der Waals surface area contributed by atoms with Crippen molar-refractivity contribution in [2.24, 2.45) is 0 Å². The monoisotopic (exact) mass is 209 g/mol. The van der Waals surface area contributed by atoms with E-state index in [-0.39, 0.29) is 0 Å². The van der Waals surface area contributed by atoms with E-state index in [4.69, 9.17) is 0 Å². The molecule has 1 nitrogen and oxygen atoms in total. The molecule has 1 heterocycles. The first kappa shape index (κ1) is 9.61. The van der Waals surface area contributed by atoms with E-state index in [0.29, 0.717) is 0 Å². The lowest BCUT2D eigenvalue weighted by atomic mass is 10.0. The Morgan fingerprint density at radius 1 is 0.812 bits per heavy atom. The van der Waals surface area contributed by atoms with Crippen LogP contribution in [0.5, 0.6) is 0 Å². The lowest BCUT2D eigenvalue weighted by Gasteiger charge is -2.05. The van der Waals surface area contributed by atoms with Crippen molar-refractivity contribution in [2.45, 2.75) is 6.54 Å². The Kier molecular flexibility index (Phi) is 2.47. The summed E-state index contributed by atoms with van der Waals surface area (Å²) in [5, 5.41) is 0. The molecule has 1 heteroatoms. The maximum absolute atomic E-state index is 2.43. The van der Waals surface area contributed by atoms with E-state index in [1.165, 1.54) is 29.8 Å². The zero-order valence-corrected chi connectivity index (χ0v) is 9.26. The average Bonchev–Trinajstić information content (AvgIpc) is 3.15. The van der Waals surface area contributed by atoms with Gasteiger partial charge in [0.25, 0.3) is 0 Å². The molecule has 0 N–H and O–H groups in total. The molecule has 0 atom stereocenters. The molecule has 0 unspecified atom stereocenters. The fourth-order valence-electron chi connectivity index (χ4n) is 1.97. The zero-order chi connectivity index (χ0) is 10.8. The molecule has 2 aromatic carbocycles. The Hall–Kier alpha value is -1.60. The zero-order valence-electron chi connectivity index (χ0n) is 9.26. The molecule has 80 valence electrons. The van der Waals surface area contributed by atoms with Crippen molar-refractivity contribution in [3.8, 4) is 11.1 Å². The molecule has 16 heavy (non-hydrogen) atoms. The molecular weight excluding hydrogens is 194 g/mol. The van der Waals surface area contributed by atoms with Gasteiger partial charge in [-0.3, -0.25) is 4.90 Å². The summed E-state index contributed by atoms with van der Waals surface area (Å²) in [4.78, 5) is 2.43. The molecule has 0 bridgehead atoms. The van der Waals surface area contributed by atoms with Gasteiger partial charge in [-0.2, -0.15) is 0 Å². The summed E-state index contributed by atoms with van der Waals surface area (Å²) in [6.45, 7) is 3.62. The lowest BCUT2D eigenvalue weighted by Crippen LogP contribution is -1.96. The second kappa shape index (κ2) is 4.11. The van der Waals surface area contributed by atoms with E-state index in [9.17, 15) is 0 Å². The molecule has 1 saturated heterocycles. The van der Waals surface area contributed by atoms with Gasteiger partial charge < -0.3 is 0 Å². The Labute approximate surface area is 96.3 Å². The highest BCUT2D eigenvalue weighted by molar-refractivity contribution is 5.63. The molecular formula is C15H15N. The molecule has 1 fully saturated rings. The van der Waals surface area contributed by atoms with Crippen molar-refractivity contribution < 1.29 is 0 Å². The number of rotatable bonds is 3. The molecule has 1 aliphatic rings. The third-order valence-electron chi connectivity index (χ3n) is 2.98. The van der Waals surface area contributed by atoms with E-state index >= 15 is 0 Å². The van der Waals surface area contributed by atoms with E-state index in [1.807, 2.05) is 0 Å². The van der Waals surface area contributed by atoms with Crippen LogP contribution in [-0.4, -0.2) is 18.0 Å². The third-order valence-corrected chi connectivity index (χ3v) is 2.98. The molecule has 0 aromatic heterocycles. The third kappa shape index (κ3) is 2.15. The first-order valence-electron chi connectivity index (χ1n) is 5.78. The molecule has 3 rings (SSSR count). The normalized spacial score (nSPS) is 15.0. The van der Waals surface area contributed by atoms with E-state index in [1.54, 1.807) is 0 Å². The Bertz CT molecular complexity index is 472. The summed E-state index contributed by atoms with van der Waals surface area (Å²) >= 11 is 0. The standard InChI is InChI=1S/C15H15N/c1-2-6-14(7-3-1)15-8-4-5-13(11-15)12-16-9-10-16/h1-8,11H,9-10,12H2. The molecule has 0 spiro atoms. The van der Waals surface area contributed by atoms with Crippen molar-refractivity contribution in [2.75, 3.05) is 13.1 Å². The van der Waals surface area contributed by atoms with Crippen LogP contribution in [0.3, 0.4) is 0 Å². The summed E-state index contributed by atoms with van der Waals surface area (Å²) in [5.74, 6) is 0. The predicted molar refractivity (Wildman–Crippen MR) is 67.2 cm³/mol. The minimum atomic E-state index is 1.10. The number of hydrogen-bond donors (Lipinski definition) is 0. The summed E-state index contributed by atoms with van der Waals surface area (Å²) < 4.78 is 0. The Balaban J connectivity index is 1.89. The first-order valence-corrected chi connectivity index (χ1v) is 5.78. The smallest absolute Gasteiger partial charge is 0.0235 e. The van der Waals surface area contributed by atoms with E-state index in [0.717, 1.165) is 6.54 Å². The van der Waals surface area contributed by atoms with Crippen molar-refractivity contribution >= 4 is 0 Å². The number of nitrogens with zero attached hydrogens (tertiary/aromatic N) is 1. The summed E-state index contributed by atoms with van der Waals surface area (Å²) in [7, 11) is 0. The van der Waals surface area contributed by atoms with Crippen LogP contribution in [0.15, 0.2) is 54.6 Å². The highest BCUT2D eigenvalue weighted by atomic mass is 15.2. The Morgan fingerprint density at radius 2 is 1.56 bits per heavy atom. The maximum Gasteiger partial charge on any atom is 0.0235 e. The topological polar surface area (TPSA) is 3.01 Å². The maximum atomic E-state index is 2.43. The fraction of sp³-hybridized carbons (Fsp3) is 0.200. The van der Waals surface area contributed by atoms with Gasteiger partial charge in [-0.05, 0) is 22.8 Å². The predicted octanol–water partition coefficient (Wildman–Crippen LogP) is 3.17. The quantitative estimate of drug-likeness (QED) is 0.702. The second-order valence-corrected chi connectivity index (χ2v) is 4.34. The van der Waals surface area contributed by atoms with Crippen LogP contribution in [0.2, 0.25) is 0 Å². The second-order valence-electron chi connectivity index (χ2n) is 4.34. The first-order chi connectivity index (χ1) is 7.92. The van der Waals surface area contributed by atoms with E-state index < -0.39 is 0 Å². The van der Waals surface area contributed by atoms with Crippen molar-refractivity contribution in [1.29, 1.82) is 0 Å². The minimum Gasteiger partial charge on any atom is -0.297 e. The van der Waals surface area contributed by atoms with Crippen LogP contribution in [0.1, 0.15) is 5.56 Å². The largest absolute Gasteiger partial charge is 0.297 e. The van der Waals surface area contributed by atoms with Crippen LogP contribution >= 0.6 is 0 Å². The van der Waals surface area contributed by atoms with Gasteiger partial charge in [0.05, 0.1) is 0 Å².